The van der Waals surface area contributed by atoms with Gasteiger partial charge in [0, 0.05) is 35.3 Å². The summed E-state index contributed by atoms with van der Waals surface area (Å²) in [5.41, 5.74) is 7.59. The highest BCUT2D eigenvalue weighted by atomic mass is 32.2. The standard InChI is InChI=1S/C13H22N2OS/c1-9(2)16-13-6-11(14)5-12(7-13)15-8-10(3)17-4/h5-7,9-10,15H,8,14H2,1-4H3. The Labute approximate surface area is 108 Å². The first-order chi connectivity index (χ1) is 8.01. The molecule has 1 atom stereocenters. The molecule has 0 amide bonds. The van der Waals surface area contributed by atoms with Gasteiger partial charge in [0.15, 0.2) is 0 Å². The average Bonchev–Trinajstić information content (AvgIpc) is 2.24. The van der Waals surface area contributed by atoms with Gasteiger partial charge in [0.05, 0.1) is 6.10 Å². The smallest absolute Gasteiger partial charge is 0.123 e. The van der Waals surface area contributed by atoms with Gasteiger partial charge in [-0.15, -0.1) is 0 Å². The van der Waals surface area contributed by atoms with Crippen molar-refractivity contribution in [3.8, 4) is 5.75 Å². The summed E-state index contributed by atoms with van der Waals surface area (Å²) in [4.78, 5) is 0. The second-order valence-corrected chi connectivity index (χ2v) is 5.66. The predicted molar refractivity (Wildman–Crippen MR) is 78.1 cm³/mol. The van der Waals surface area contributed by atoms with E-state index in [0.29, 0.717) is 5.25 Å². The Bertz CT molecular complexity index is 355. The van der Waals surface area contributed by atoms with Crippen molar-refractivity contribution in [2.24, 2.45) is 0 Å². The monoisotopic (exact) mass is 254 g/mol. The molecule has 0 aromatic heterocycles. The van der Waals surface area contributed by atoms with Crippen molar-refractivity contribution in [1.29, 1.82) is 0 Å². The highest BCUT2D eigenvalue weighted by molar-refractivity contribution is 7.99. The molecule has 0 aliphatic heterocycles. The van der Waals surface area contributed by atoms with Gasteiger partial charge in [-0.25, -0.2) is 0 Å². The maximum absolute atomic E-state index is 5.85. The normalized spacial score (nSPS) is 12.5. The fourth-order valence-electron chi connectivity index (χ4n) is 1.41. The molecular weight excluding hydrogens is 232 g/mol. The number of anilines is 2. The van der Waals surface area contributed by atoms with Crippen molar-refractivity contribution in [1.82, 2.24) is 0 Å². The van der Waals surface area contributed by atoms with Gasteiger partial charge in [-0.1, -0.05) is 6.92 Å². The van der Waals surface area contributed by atoms with E-state index in [9.17, 15) is 0 Å². The van der Waals surface area contributed by atoms with E-state index in [2.05, 4.69) is 18.5 Å². The molecule has 0 aliphatic carbocycles. The maximum Gasteiger partial charge on any atom is 0.123 e. The average molecular weight is 254 g/mol. The first-order valence-corrected chi connectivity index (χ1v) is 7.14. The first kappa shape index (κ1) is 14.0. The van der Waals surface area contributed by atoms with E-state index in [-0.39, 0.29) is 6.10 Å². The fraction of sp³-hybridized carbons (Fsp3) is 0.538. The number of nitrogen functional groups attached to an aromatic ring is 1. The lowest BCUT2D eigenvalue weighted by atomic mass is 10.2. The third-order valence-corrected chi connectivity index (χ3v) is 3.27. The van der Waals surface area contributed by atoms with Crippen molar-refractivity contribution in [3.05, 3.63) is 18.2 Å². The van der Waals surface area contributed by atoms with E-state index in [0.717, 1.165) is 23.7 Å². The molecule has 4 heteroatoms. The SMILES string of the molecule is CSC(C)CNc1cc(N)cc(OC(C)C)c1. The van der Waals surface area contributed by atoms with E-state index >= 15 is 0 Å². The highest BCUT2D eigenvalue weighted by Gasteiger charge is 2.04. The van der Waals surface area contributed by atoms with Gasteiger partial charge in [0.2, 0.25) is 0 Å². The number of hydrogen-bond donors (Lipinski definition) is 2. The van der Waals surface area contributed by atoms with Crippen LogP contribution in [-0.4, -0.2) is 24.2 Å². The quantitative estimate of drug-likeness (QED) is 0.765. The van der Waals surface area contributed by atoms with Crippen LogP contribution < -0.4 is 15.8 Å². The molecule has 96 valence electrons. The van der Waals surface area contributed by atoms with Crippen LogP contribution >= 0.6 is 11.8 Å². The van der Waals surface area contributed by atoms with Crippen molar-refractivity contribution < 1.29 is 4.74 Å². The van der Waals surface area contributed by atoms with Crippen molar-refractivity contribution in [2.45, 2.75) is 32.1 Å². The van der Waals surface area contributed by atoms with Crippen molar-refractivity contribution in [3.63, 3.8) is 0 Å². The molecule has 0 saturated carbocycles. The summed E-state index contributed by atoms with van der Waals surface area (Å²) in [6.45, 7) is 7.12. The molecule has 0 saturated heterocycles. The molecule has 1 unspecified atom stereocenters. The zero-order valence-corrected chi connectivity index (χ0v) is 11.8. The molecular formula is C13H22N2OS. The minimum Gasteiger partial charge on any atom is -0.491 e. The van der Waals surface area contributed by atoms with Crippen LogP contribution in [0.1, 0.15) is 20.8 Å². The van der Waals surface area contributed by atoms with Gasteiger partial charge < -0.3 is 15.8 Å². The molecule has 0 radical (unpaired) electrons. The van der Waals surface area contributed by atoms with Crippen LogP contribution in [0.15, 0.2) is 18.2 Å². The molecule has 1 rings (SSSR count). The molecule has 17 heavy (non-hydrogen) atoms. The number of nitrogens with two attached hydrogens (primary N) is 1. The lowest BCUT2D eigenvalue weighted by molar-refractivity contribution is 0.242. The molecule has 0 heterocycles. The molecule has 0 fully saturated rings. The van der Waals surface area contributed by atoms with Crippen molar-refractivity contribution in [2.75, 3.05) is 23.9 Å². The minimum atomic E-state index is 0.162. The summed E-state index contributed by atoms with van der Waals surface area (Å²) in [6, 6.07) is 5.77. The number of rotatable bonds is 6. The second kappa shape index (κ2) is 6.64. The number of benzene rings is 1. The highest BCUT2D eigenvalue weighted by Crippen LogP contribution is 2.23. The zero-order valence-electron chi connectivity index (χ0n) is 11.0. The van der Waals surface area contributed by atoms with E-state index in [1.54, 1.807) is 0 Å². The van der Waals surface area contributed by atoms with Crippen LogP contribution in [0.3, 0.4) is 0 Å². The van der Waals surface area contributed by atoms with Crippen LogP contribution in [0.25, 0.3) is 0 Å². The molecule has 3 N–H and O–H groups in total. The topological polar surface area (TPSA) is 47.3 Å². The maximum atomic E-state index is 5.85. The Morgan fingerprint density at radius 1 is 1.29 bits per heavy atom. The Morgan fingerprint density at radius 3 is 2.59 bits per heavy atom. The zero-order chi connectivity index (χ0) is 12.8. The third-order valence-electron chi connectivity index (χ3n) is 2.30. The molecule has 0 aliphatic rings. The Kier molecular flexibility index (Phi) is 5.48. The Morgan fingerprint density at radius 2 is 2.00 bits per heavy atom. The number of nitrogens with one attached hydrogen (secondary N) is 1. The van der Waals surface area contributed by atoms with Gasteiger partial charge in [0.1, 0.15) is 5.75 Å². The molecule has 0 bridgehead atoms. The van der Waals surface area contributed by atoms with Crippen LogP contribution in [0.2, 0.25) is 0 Å². The Hall–Kier alpha value is -1.03. The number of ether oxygens (including phenoxy) is 1. The summed E-state index contributed by atoms with van der Waals surface area (Å²) in [5, 5.41) is 3.94. The molecule has 1 aromatic carbocycles. The van der Waals surface area contributed by atoms with E-state index in [1.165, 1.54) is 0 Å². The van der Waals surface area contributed by atoms with E-state index in [1.807, 2.05) is 43.8 Å². The fourth-order valence-corrected chi connectivity index (χ4v) is 1.66. The molecule has 0 spiro atoms. The summed E-state index contributed by atoms with van der Waals surface area (Å²) < 4.78 is 5.64. The Balaban J connectivity index is 2.68. The van der Waals surface area contributed by atoms with Gasteiger partial charge in [0.25, 0.3) is 0 Å². The summed E-state index contributed by atoms with van der Waals surface area (Å²) in [6.07, 6.45) is 2.27. The lowest BCUT2D eigenvalue weighted by Gasteiger charge is -2.15. The lowest BCUT2D eigenvalue weighted by Crippen LogP contribution is -2.13. The van der Waals surface area contributed by atoms with E-state index in [4.69, 9.17) is 10.5 Å². The summed E-state index contributed by atoms with van der Waals surface area (Å²) >= 11 is 1.84. The first-order valence-electron chi connectivity index (χ1n) is 5.85. The predicted octanol–water partition coefficient (Wildman–Crippen LogP) is 3.22. The minimum absolute atomic E-state index is 0.162. The van der Waals surface area contributed by atoms with Gasteiger partial charge in [-0.3, -0.25) is 0 Å². The largest absolute Gasteiger partial charge is 0.491 e. The number of hydrogen-bond acceptors (Lipinski definition) is 4. The summed E-state index contributed by atoms with van der Waals surface area (Å²) in [5.74, 6) is 0.819. The van der Waals surface area contributed by atoms with E-state index < -0.39 is 0 Å². The van der Waals surface area contributed by atoms with Crippen LogP contribution in [0, 0.1) is 0 Å². The van der Waals surface area contributed by atoms with Gasteiger partial charge in [-0.05, 0) is 26.2 Å². The van der Waals surface area contributed by atoms with Gasteiger partial charge in [-0.2, -0.15) is 11.8 Å². The third kappa shape index (κ3) is 5.22. The second-order valence-electron chi connectivity index (χ2n) is 4.38. The number of thioether (sulfide) groups is 1. The molecule has 3 nitrogen and oxygen atoms in total. The van der Waals surface area contributed by atoms with Crippen LogP contribution in [0.5, 0.6) is 5.75 Å². The van der Waals surface area contributed by atoms with Crippen LogP contribution in [-0.2, 0) is 0 Å². The van der Waals surface area contributed by atoms with Gasteiger partial charge >= 0.3 is 0 Å². The summed E-state index contributed by atoms with van der Waals surface area (Å²) in [7, 11) is 0. The molecule has 1 aromatic rings. The van der Waals surface area contributed by atoms with Crippen molar-refractivity contribution >= 4 is 23.1 Å². The van der Waals surface area contributed by atoms with Crippen LogP contribution in [0.4, 0.5) is 11.4 Å².